The molecule has 7 nitrogen and oxygen atoms in total. The molecule has 0 aliphatic heterocycles. The quantitative estimate of drug-likeness (QED) is 0.525. The normalized spacial score (nSPS) is 13.5. The van der Waals surface area contributed by atoms with Crippen LogP contribution in [-0.2, 0) is 14.4 Å². The lowest BCUT2D eigenvalue weighted by molar-refractivity contribution is -0.150. The first-order valence-electron chi connectivity index (χ1n) is 6.37. The van der Waals surface area contributed by atoms with E-state index in [9.17, 15) is 19.5 Å². The fourth-order valence-electron chi connectivity index (χ4n) is 1.70. The summed E-state index contributed by atoms with van der Waals surface area (Å²) in [6.07, 6.45) is -0.996. The first-order valence-corrected chi connectivity index (χ1v) is 6.37. The number of rotatable bonds is 8. The molecule has 4 N–H and O–H groups in total. The summed E-state index contributed by atoms with van der Waals surface area (Å²) in [5.74, 6) is -1.99. The Morgan fingerprint density at radius 1 is 1.16 bits per heavy atom. The van der Waals surface area contributed by atoms with Crippen molar-refractivity contribution in [1.82, 2.24) is 10.2 Å². The second kappa shape index (κ2) is 7.73. The molecule has 0 saturated carbocycles. The Bertz CT molecular complexity index is 342. The Morgan fingerprint density at radius 3 is 2.05 bits per heavy atom. The maximum Gasteiger partial charge on any atom is 0.250 e. The zero-order valence-electron chi connectivity index (χ0n) is 11.7. The predicted molar refractivity (Wildman–Crippen MR) is 70.0 cm³/mol. The summed E-state index contributed by atoms with van der Waals surface area (Å²) in [5, 5.41) is 12.6. The largest absolute Gasteiger partial charge is 0.379 e. The molecule has 0 bridgehead atoms. The van der Waals surface area contributed by atoms with Gasteiger partial charge in [0.1, 0.15) is 0 Å². The minimum Gasteiger partial charge on any atom is -0.379 e. The lowest BCUT2D eigenvalue weighted by Gasteiger charge is -2.27. The highest BCUT2D eigenvalue weighted by atomic mass is 16.3. The summed E-state index contributed by atoms with van der Waals surface area (Å²) >= 11 is 0. The van der Waals surface area contributed by atoms with Crippen LogP contribution in [0.4, 0.5) is 0 Å². The van der Waals surface area contributed by atoms with Gasteiger partial charge in [-0.25, -0.2) is 0 Å². The van der Waals surface area contributed by atoms with Crippen molar-refractivity contribution in [3.05, 3.63) is 0 Å². The maximum atomic E-state index is 11.9. The number of carbonyl (C=O) groups excluding carboxylic acids is 3. The summed E-state index contributed by atoms with van der Waals surface area (Å²) < 4.78 is 0. The van der Waals surface area contributed by atoms with Crippen LogP contribution in [0, 0.1) is 0 Å². The van der Waals surface area contributed by atoms with Gasteiger partial charge < -0.3 is 21.1 Å². The van der Waals surface area contributed by atoms with Crippen LogP contribution in [0.1, 0.15) is 33.6 Å². The van der Waals surface area contributed by atoms with E-state index in [1.807, 2.05) is 0 Å². The topological polar surface area (TPSA) is 113 Å². The van der Waals surface area contributed by atoms with E-state index < -0.39 is 36.2 Å². The molecule has 0 spiro atoms. The fourth-order valence-corrected chi connectivity index (χ4v) is 1.70. The van der Waals surface area contributed by atoms with Gasteiger partial charge in [-0.1, -0.05) is 0 Å². The van der Waals surface area contributed by atoms with E-state index in [2.05, 4.69) is 5.32 Å². The number of hydrogen-bond donors (Lipinski definition) is 3. The first kappa shape index (κ1) is 17.4. The van der Waals surface area contributed by atoms with Gasteiger partial charge in [-0.2, -0.15) is 0 Å². The SMILES string of the molecule is CCNC(=O)CC(O)(CC(=O)N(CC)CC)C(N)=O. The number of nitrogens with zero attached hydrogens (tertiary/aromatic N) is 1. The number of hydrogen-bond acceptors (Lipinski definition) is 4. The van der Waals surface area contributed by atoms with Gasteiger partial charge >= 0.3 is 0 Å². The van der Waals surface area contributed by atoms with Crippen LogP contribution in [0.2, 0.25) is 0 Å². The van der Waals surface area contributed by atoms with Crippen molar-refractivity contribution in [1.29, 1.82) is 0 Å². The summed E-state index contributed by atoms with van der Waals surface area (Å²) in [5.41, 5.74) is 2.97. The number of aliphatic hydroxyl groups is 1. The van der Waals surface area contributed by atoms with Gasteiger partial charge in [0.25, 0.3) is 0 Å². The average Bonchev–Trinajstić information content (AvgIpc) is 2.30. The second-order valence-corrected chi connectivity index (χ2v) is 4.27. The van der Waals surface area contributed by atoms with Crippen LogP contribution in [0.25, 0.3) is 0 Å². The highest BCUT2D eigenvalue weighted by molar-refractivity contribution is 5.94. The van der Waals surface area contributed by atoms with Gasteiger partial charge in [-0.3, -0.25) is 14.4 Å². The highest BCUT2D eigenvalue weighted by Gasteiger charge is 2.39. The van der Waals surface area contributed by atoms with E-state index in [1.54, 1.807) is 20.8 Å². The van der Waals surface area contributed by atoms with Gasteiger partial charge in [0, 0.05) is 19.6 Å². The number of amides is 3. The molecule has 0 rings (SSSR count). The molecule has 0 aromatic carbocycles. The van der Waals surface area contributed by atoms with E-state index in [-0.39, 0.29) is 0 Å². The van der Waals surface area contributed by atoms with Crippen molar-refractivity contribution >= 4 is 17.7 Å². The van der Waals surface area contributed by atoms with Gasteiger partial charge in [0.05, 0.1) is 12.8 Å². The molecule has 0 aromatic heterocycles. The molecular formula is C12H23N3O4. The van der Waals surface area contributed by atoms with E-state index in [0.717, 1.165) is 0 Å². The number of nitrogens with one attached hydrogen (secondary N) is 1. The molecular weight excluding hydrogens is 250 g/mol. The molecule has 0 saturated heterocycles. The molecule has 3 amide bonds. The molecule has 110 valence electrons. The lowest BCUT2D eigenvalue weighted by atomic mass is 9.93. The standard InChI is InChI=1S/C12H23N3O4/c1-4-14-9(16)7-12(19,11(13)18)8-10(17)15(5-2)6-3/h19H,4-8H2,1-3H3,(H2,13,18)(H,14,16). The average molecular weight is 273 g/mol. The smallest absolute Gasteiger partial charge is 0.250 e. The molecule has 0 fully saturated rings. The molecule has 0 aliphatic rings. The molecule has 0 aromatic rings. The maximum absolute atomic E-state index is 11.9. The van der Waals surface area contributed by atoms with E-state index in [1.165, 1.54) is 4.90 Å². The number of nitrogens with two attached hydrogens (primary N) is 1. The van der Waals surface area contributed by atoms with Crippen molar-refractivity contribution in [2.24, 2.45) is 5.73 Å². The minimum atomic E-state index is -2.14. The van der Waals surface area contributed by atoms with Gasteiger partial charge in [-0.05, 0) is 20.8 Å². The fraction of sp³-hybridized carbons (Fsp3) is 0.750. The molecule has 19 heavy (non-hydrogen) atoms. The molecule has 0 aliphatic carbocycles. The van der Waals surface area contributed by atoms with Gasteiger partial charge in [0.2, 0.25) is 17.7 Å². The lowest BCUT2D eigenvalue weighted by Crippen LogP contribution is -2.51. The predicted octanol–water partition coefficient (Wildman–Crippen LogP) is -1.01. The Balaban J connectivity index is 4.85. The summed E-state index contributed by atoms with van der Waals surface area (Å²) in [4.78, 5) is 36.1. The van der Waals surface area contributed by atoms with Crippen molar-refractivity contribution in [3.63, 3.8) is 0 Å². The minimum absolute atomic E-state index is 0.373. The van der Waals surface area contributed by atoms with Crippen LogP contribution in [0.5, 0.6) is 0 Å². The van der Waals surface area contributed by atoms with Gasteiger partial charge in [0.15, 0.2) is 5.60 Å². The summed E-state index contributed by atoms with van der Waals surface area (Å²) in [7, 11) is 0. The Labute approximate surface area is 113 Å². The van der Waals surface area contributed by atoms with Crippen LogP contribution in [0.15, 0.2) is 0 Å². The van der Waals surface area contributed by atoms with E-state index in [0.29, 0.717) is 19.6 Å². The third kappa shape index (κ3) is 5.25. The molecule has 1 unspecified atom stereocenters. The zero-order chi connectivity index (χ0) is 15.1. The molecule has 0 radical (unpaired) electrons. The van der Waals surface area contributed by atoms with Crippen LogP contribution >= 0.6 is 0 Å². The van der Waals surface area contributed by atoms with Crippen LogP contribution < -0.4 is 11.1 Å². The van der Waals surface area contributed by atoms with Crippen molar-refractivity contribution in [2.45, 2.75) is 39.2 Å². The molecule has 1 atom stereocenters. The molecule has 7 heteroatoms. The Kier molecular flexibility index (Phi) is 7.06. The van der Waals surface area contributed by atoms with E-state index in [4.69, 9.17) is 5.73 Å². The summed E-state index contributed by atoms with van der Waals surface area (Å²) in [6.45, 7) is 6.58. The second-order valence-electron chi connectivity index (χ2n) is 4.27. The van der Waals surface area contributed by atoms with Gasteiger partial charge in [-0.15, -0.1) is 0 Å². The van der Waals surface area contributed by atoms with Crippen molar-refractivity contribution < 1.29 is 19.5 Å². The monoisotopic (exact) mass is 273 g/mol. The Hall–Kier alpha value is -1.63. The number of carbonyl (C=O) groups is 3. The zero-order valence-corrected chi connectivity index (χ0v) is 11.7. The third-order valence-corrected chi connectivity index (χ3v) is 2.85. The van der Waals surface area contributed by atoms with Crippen LogP contribution in [0.3, 0.4) is 0 Å². The highest BCUT2D eigenvalue weighted by Crippen LogP contribution is 2.17. The Morgan fingerprint density at radius 2 is 1.68 bits per heavy atom. The summed E-state index contributed by atoms with van der Waals surface area (Å²) in [6, 6.07) is 0. The molecule has 0 heterocycles. The van der Waals surface area contributed by atoms with Crippen molar-refractivity contribution in [2.75, 3.05) is 19.6 Å². The van der Waals surface area contributed by atoms with Crippen molar-refractivity contribution in [3.8, 4) is 0 Å². The third-order valence-electron chi connectivity index (χ3n) is 2.85. The van der Waals surface area contributed by atoms with Crippen LogP contribution in [-0.4, -0.2) is 53.0 Å². The van der Waals surface area contributed by atoms with E-state index >= 15 is 0 Å². The number of primary amides is 1. The first-order chi connectivity index (χ1) is 8.80.